The van der Waals surface area contributed by atoms with E-state index in [2.05, 4.69) is 22.4 Å². The van der Waals surface area contributed by atoms with E-state index in [0.717, 1.165) is 50.9 Å². The Bertz CT molecular complexity index is 681. The van der Waals surface area contributed by atoms with Gasteiger partial charge in [0.15, 0.2) is 0 Å². The van der Waals surface area contributed by atoms with E-state index in [1.54, 1.807) is 0 Å². The molecule has 1 saturated heterocycles. The molecule has 3 rings (SSSR count). The van der Waals surface area contributed by atoms with Crippen LogP contribution in [0.15, 0.2) is 40.8 Å². The third-order valence-corrected chi connectivity index (χ3v) is 4.33. The first kappa shape index (κ1) is 16.7. The van der Waals surface area contributed by atoms with E-state index in [1.807, 2.05) is 37.3 Å². The fourth-order valence-electron chi connectivity index (χ4n) is 2.98. The molecule has 5 heteroatoms. The minimum Gasteiger partial charge on any atom is -0.465 e. The van der Waals surface area contributed by atoms with Crippen LogP contribution in [-0.2, 0) is 11.3 Å². The molecule has 0 radical (unpaired) electrons. The van der Waals surface area contributed by atoms with E-state index < -0.39 is 0 Å². The summed E-state index contributed by atoms with van der Waals surface area (Å²) in [7, 11) is 0. The van der Waals surface area contributed by atoms with Crippen LogP contribution in [0.5, 0.6) is 0 Å². The van der Waals surface area contributed by atoms with Crippen LogP contribution in [0.25, 0.3) is 0 Å². The highest BCUT2D eigenvalue weighted by Crippen LogP contribution is 2.23. The number of morpholine rings is 1. The van der Waals surface area contributed by atoms with Gasteiger partial charge in [0.1, 0.15) is 11.5 Å². The molecule has 0 aliphatic carbocycles. The van der Waals surface area contributed by atoms with Crippen molar-refractivity contribution in [2.75, 3.05) is 32.8 Å². The molecule has 5 nitrogen and oxygen atoms in total. The van der Waals surface area contributed by atoms with Gasteiger partial charge in [0.2, 0.25) is 0 Å². The van der Waals surface area contributed by atoms with Gasteiger partial charge in [0, 0.05) is 26.2 Å². The fraction of sp³-hybridized carbons (Fsp3) is 0.421. The van der Waals surface area contributed by atoms with Crippen molar-refractivity contribution in [1.29, 1.82) is 5.26 Å². The van der Waals surface area contributed by atoms with Crippen molar-refractivity contribution < 1.29 is 9.15 Å². The van der Waals surface area contributed by atoms with Crippen LogP contribution in [0.1, 0.15) is 28.7 Å². The highest BCUT2D eigenvalue weighted by atomic mass is 16.5. The highest BCUT2D eigenvalue weighted by molar-refractivity contribution is 5.31. The summed E-state index contributed by atoms with van der Waals surface area (Å²) in [6.45, 7) is 6.94. The van der Waals surface area contributed by atoms with E-state index >= 15 is 0 Å². The quantitative estimate of drug-likeness (QED) is 0.884. The van der Waals surface area contributed by atoms with Crippen molar-refractivity contribution in [1.82, 2.24) is 10.2 Å². The molecular weight excluding hydrogens is 302 g/mol. The van der Waals surface area contributed by atoms with Crippen LogP contribution in [0.3, 0.4) is 0 Å². The molecule has 1 fully saturated rings. The molecule has 1 N–H and O–H groups in total. The van der Waals surface area contributed by atoms with Gasteiger partial charge in [-0.2, -0.15) is 5.26 Å². The Morgan fingerprint density at radius 1 is 1.17 bits per heavy atom. The molecule has 24 heavy (non-hydrogen) atoms. The van der Waals surface area contributed by atoms with E-state index in [4.69, 9.17) is 14.4 Å². The first-order valence-corrected chi connectivity index (χ1v) is 8.34. The molecule has 1 aromatic heterocycles. The lowest BCUT2D eigenvalue weighted by atomic mass is 10.1. The second kappa shape index (κ2) is 8.11. The lowest BCUT2D eigenvalue weighted by molar-refractivity contribution is 0.0115. The van der Waals surface area contributed by atoms with Crippen molar-refractivity contribution in [2.45, 2.75) is 19.5 Å². The number of benzene rings is 1. The minimum absolute atomic E-state index is 0.209. The smallest absolute Gasteiger partial charge is 0.122 e. The van der Waals surface area contributed by atoms with Crippen LogP contribution in [0, 0.1) is 18.3 Å². The molecule has 0 saturated carbocycles. The molecule has 1 aromatic carbocycles. The molecule has 0 bridgehead atoms. The zero-order chi connectivity index (χ0) is 16.8. The van der Waals surface area contributed by atoms with Gasteiger partial charge < -0.3 is 14.5 Å². The van der Waals surface area contributed by atoms with Crippen LogP contribution in [0.4, 0.5) is 0 Å². The number of ether oxygens (including phenoxy) is 1. The van der Waals surface area contributed by atoms with Gasteiger partial charge in [-0.25, -0.2) is 0 Å². The van der Waals surface area contributed by atoms with E-state index in [-0.39, 0.29) is 6.04 Å². The number of nitriles is 1. The summed E-state index contributed by atoms with van der Waals surface area (Å²) in [6, 6.07) is 14.1. The Balaban J connectivity index is 1.61. The third kappa shape index (κ3) is 4.24. The van der Waals surface area contributed by atoms with E-state index in [0.29, 0.717) is 5.56 Å². The van der Waals surface area contributed by atoms with Gasteiger partial charge >= 0.3 is 0 Å². The molecule has 0 amide bonds. The maximum atomic E-state index is 8.86. The predicted octanol–water partition coefficient (Wildman–Crippen LogP) is 2.62. The van der Waals surface area contributed by atoms with Crippen LogP contribution < -0.4 is 5.32 Å². The monoisotopic (exact) mass is 325 g/mol. The number of hydrogen-bond donors (Lipinski definition) is 1. The molecule has 1 aliphatic rings. The van der Waals surface area contributed by atoms with Gasteiger partial charge in [-0.1, -0.05) is 12.1 Å². The van der Waals surface area contributed by atoms with Crippen LogP contribution in [0.2, 0.25) is 0 Å². The topological polar surface area (TPSA) is 61.4 Å². The lowest BCUT2D eigenvalue weighted by Gasteiger charge is -2.33. The molecule has 0 spiro atoms. The predicted molar refractivity (Wildman–Crippen MR) is 91.4 cm³/mol. The Kier molecular flexibility index (Phi) is 5.65. The summed E-state index contributed by atoms with van der Waals surface area (Å²) in [6.07, 6.45) is 0. The number of hydrogen-bond acceptors (Lipinski definition) is 5. The largest absolute Gasteiger partial charge is 0.465 e. The zero-order valence-corrected chi connectivity index (χ0v) is 14.0. The van der Waals surface area contributed by atoms with Gasteiger partial charge in [0.25, 0.3) is 0 Å². The molecule has 1 unspecified atom stereocenters. The molecular formula is C19H23N3O2. The summed E-state index contributed by atoms with van der Waals surface area (Å²) in [5.74, 6) is 1.94. The van der Waals surface area contributed by atoms with Gasteiger partial charge in [-0.05, 0) is 36.8 Å². The number of nitrogens with zero attached hydrogens (tertiary/aromatic N) is 2. The SMILES string of the molecule is Cc1ccc(C(CNCc2ccc(C#N)cc2)N2CCOCC2)o1. The molecule has 126 valence electrons. The molecule has 1 aliphatic heterocycles. The summed E-state index contributed by atoms with van der Waals surface area (Å²) in [5, 5.41) is 12.4. The van der Waals surface area contributed by atoms with Crippen molar-refractivity contribution in [3.05, 3.63) is 59.0 Å². The Morgan fingerprint density at radius 3 is 2.54 bits per heavy atom. The normalized spacial score (nSPS) is 16.7. The summed E-state index contributed by atoms with van der Waals surface area (Å²) < 4.78 is 11.3. The van der Waals surface area contributed by atoms with E-state index in [9.17, 15) is 0 Å². The molecule has 2 aromatic rings. The Morgan fingerprint density at radius 2 is 1.92 bits per heavy atom. The number of aryl methyl sites for hydroxylation is 1. The number of furan rings is 1. The Labute approximate surface area is 142 Å². The van der Waals surface area contributed by atoms with Crippen molar-refractivity contribution >= 4 is 0 Å². The van der Waals surface area contributed by atoms with E-state index in [1.165, 1.54) is 5.56 Å². The number of rotatable bonds is 6. The summed E-state index contributed by atoms with van der Waals surface area (Å²) in [4.78, 5) is 2.41. The first-order chi connectivity index (χ1) is 11.8. The first-order valence-electron chi connectivity index (χ1n) is 8.34. The van der Waals surface area contributed by atoms with Crippen molar-refractivity contribution in [3.63, 3.8) is 0 Å². The standard InChI is InChI=1S/C19H23N3O2/c1-15-2-7-19(24-15)18(22-8-10-23-11-9-22)14-21-13-17-5-3-16(12-20)4-6-17/h2-7,18,21H,8-11,13-14H2,1H3. The van der Waals surface area contributed by atoms with Crippen LogP contribution in [-0.4, -0.2) is 37.7 Å². The fourth-order valence-corrected chi connectivity index (χ4v) is 2.98. The summed E-state index contributed by atoms with van der Waals surface area (Å²) >= 11 is 0. The average molecular weight is 325 g/mol. The highest BCUT2D eigenvalue weighted by Gasteiger charge is 2.24. The maximum Gasteiger partial charge on any atom is 0.122 e. The van der Waals surface area contributed by atoms with Gasteiger partial charge in [-0.15, -0.1) is 0 Å². The lowest BCUT2D eigenvalue weighted by Crippen LogP contribution is -2.42. The number of nitrogens with one attached hydrogen (secondary N) is 1. The molecule has 2 heterocycles. The Hall–Kier alpha value is -2.13. The zero-order valence-electron chi connectivity index (χ0n) is 14.0. The minimum atomic E-state index is 0.209. The summed E-state index contributed by atoms with van der Waals surface area (Å²) in [5.41, 5.74) is 1.86. The van der Waals surface area contributed by atoms with Crippen LogP contribution >= 0.6 is 0 Å². The second-order valence-electron chi connectivity index (χ2n) is 6.05. The molecule has 1 atom stereocenters. The van der Waals surface area contributed by atoms with Crippen molar-refractivity contribution in [2.24, 2.45) is 0 Å². The maximum absolute atomic E-state index is 8.86. The van der Waals surface area contributed by atoms with Gasteiger partial charge in [0.05, 0.1) is 30.9 Å². The average Bonchev–Trinajstić information content (AvgIpc) is 3.06. The van der Waals surface area contributed by atoms with Crippen molar-refractivity contribution in [3.8, 4) is 6.07 Å². The second-order valence-corrected chi connectivity index (χ2v) is 6.05. The van der Waals surface area contributed by atoms with Gasteiger partial charge in [-0.3, -0.25) is 4.90 Å². The third-order valence-electron chi connectivity index (χ3n) is 4.33.